The molecule has 0 atom stereocenters. The zero-order valence-electron chi connectivity index (χ0n) is 25.3. The molecule has 0 radical (unpaired) electrons. The average Bonchev–Trinajstić information content (AvgIpc) is 3.54. The molecule has 0 aliphatic heterocycles. The number of rotatable bonds is 5. The summed E-state index contributed by atoms with van der Waals surface area (Å²) in [6, 6.07) is 59.0. The van der Waals surface area contributed by atoms with Crippen LogP contribution < -0.4 is 0 Å². The van der Waals surface area contributed by atoms with Gasteiger partial charge in [-0.15, -0.1) is 11.3 Å². The first kappa shape index (κ1) is 28.2. The Labute approximate surface area is 277 Å². The predicted octanol–water partition coefficient (Wildman–Crippen LogP) is 12.1. The van der Waals surface area contributed by atoms with Crippen LogP contribution in [-0.4, -0.2) is 0 Å². The Hall–Kier alpha value is -6.26. The molecule has 0 fully saturated rings. The van der Waals surface area contributed by atoms with Gasteiger partial charge in [-0.25, -0.2) is 0 Å². The summed E-state index contributed by atoms with van der Waals surface area (Å²) in [7, 11) is 0. The van der Waals surface area contributed by atoms with E-state index in [4.69, 9.17) is 0 Å². The van der Waals surface area contributed by atoms with Crippen LogP contribution in [0.5, 0.6) is 0 Å². The Morgan fingerprint density at radius 2 is 0.809 bits per heavy atom. The minimum absolute atomic E-state index is 0.664. The van der Waals surface area contributed by atoms with Crippen LogP contribution >= 0.6 is 11.3 Å². The predicted molar refractivity (Wildman–Crippen MR) is 196 cm³/mol. The molecule has 218 valence electrons. The molecule has 8 aromatic rings. The van der Waals surface area contributed by atoms with E-state index in [0.717, 1.165) is 44.5 Å². The quantitative estimate of drug-likeness (QED) is 0.194. The van der Waals surface area contributed by atoms with Gasteiger partial charge < -0.3 is 0 Å². The summed E-state index contributed by atoms with van der Waals surface area (Å²) in [5.41, 5.74) is 12.1. The molecule has 1 aromatic heterocycles. The molecule has 3 heteroatoms. The van der Waals surface area contributed by atoms with Crippen LogP contribution in [0.3, 0.4) is 0 Å². The Balaban J connectivity index is 1.24. The Kier molecular flexibility index (Phi) is 7.16. The first-order valence-corrected chi connectivity index (χ1v) is 16.3. The van der Waals surface area contributed by atoms with Gasteiger partial charge in [-0.05, 0) is 68.8 Å². The maximum atomic E-state index is 10.3. The number of benzene rings is 7. The smallest absolute Gasteiger partial charge is 0.100 e. The van der Waals surface area contributed by atoms with Gasteiger partial charge in [0.2, 0.25) is 0 Å². The van der Waals surface area contributed by atoms with Gasteiger partial charge in [0.05, 0.1) is 17.2 Å². The zero-order valence-corrected chi connectivity index (χ0v) is 26.1. The van der Waals surface area contributed by atoms with Gasteiger partial charge in [0, 0.05) is 31.3 Å². The van der Waals surface area contributed by atoms with Crippen molar-refractivity contribution in [3.05, 3.63) is 169 Å². The molecule has 47 heavy (non-hydrogen) atoms. The minimum Gasteiger partial charge on any atom is -0.192 e. The van der Waals surface area contributed by atoms with E-state index in [2.05, 4.69) is 109 Å². The van der Waals surface area contributed by atoms with Crippen molar-refractivity contribution in [2.75, 3.05) is 0 Å². The van der Waals surface area contributed by atoms with Gasteiger partial charge in [-0.2, -0.15) is 10.5 Å². The zero-order chi connectivity index (χ0) is 31.7. The molecule has 0 saturated carbocycles. The van der Waals surface area contributed by atoms with Gasteiger partial charge in [0.25, 0.3) is 0 Å². The Morgan fingerprint density at radius 3 is 1.28 bits per heavy atom. The lowest BCUT2D eigenvalue weighted by Crippen LogP contribution is -1.92. The van der Waals surface area contributed by atoms with Crippen molar-refractivity contribution in [2.45, 2.75) is 0 Å². The third kappa shape index (κ3) is 5.06. The Bertz CT molecular complexity index is 2440. The molecule has 0 aliphatic carbocycles. The number of fused-ring (bicyclic) bond motifs is 3. The van der Waals surface area contributed by atoms with Crippen LogP contribution in [0.15, 0.2) is 158 Å². The van der Waals surface area contributed by atoms with E-state index >= 15 is 0 Å². The van der Waals surface area contributed by atoms with Crippen LogP contribution in [-0.2, 0) is 0 Å². The summed E-state index contributed by atoms with van der Waals surface area (Å²) in [5.74, 6) is 0. The van der Waals surface area contributed by atoms with E-state index in [-0.39, 0.29) is 0 Å². The minimum atomic E-state index is 0.664. The molecular formula is C44H26N2S. The van der Waals surface area contributed by atoms with Crippen molar-refractivity contribution in [2.24, 2.45) is 0 Å². The van der Waals surface area contributed by atoms with Crippen LogP contribution in [0.2, 0.25) is 0 Å². The Morgan fingerprint density at radius 1 is 0.362 bits per heavy atom. The number of hydrogen-bond donors (Lipinski definition) is 0. The summed E-state index contributed by atoms with van der Waals surface area (Å²) in [4.78, 5) is 0. The summed E-state index contributed by atoms with van der Waals surface area (Å²) < 4.78 is 2.50. The van der Waals surface area contributed by atoms with Crippen molar-refractivity contribution < 1.29 is 0 Å². The number of thiophene rings is 1. The molecule has 0 saturated heterocycles. The molecule has 8 rings (SSSR count). The average molecular weight is 615 g/mol. The lowest BCUT2D eigenvalue weighted by molar-refractivity contribution is 1.47. The third-order valence-corrected chi connectivity index (χ3v) is 10.1. The second kappa shape index (κ2) is 11.9. The number of nitriles is 2. The molecule has 1 heterocycles. The fourth-order valence-corrected chi connectivity index (χ4v) is 7.83. The second-order valence-electron chi connectivity index (χ2n) is 11.5. The largest absolute Gasteiger partial charge is 0.192 e. The molecule has 0 amide bonds. The molecule has 2 nitrogen and oxygen atoms in total. The number of nitrogens with zero attached hydrogens (tertiary/aromatic N) is 2. The van der Waals surface area contributed by atoms with Crippen LogP contribution in [0.25, 0.3) is 75.8 Å². The molecule has 0 aliphatic rings. The maximum absolute atomic E-state index is 10.3. The van der Waals surface area contributed by atoms with Crippen molar-refractivity contribution in [1.29, 1.82) is 10.5 Å². The third-order valence-electron chi connectivity index (χ3n) is 8.80. The highest BCUT2D eigenvalue weighted by atomic mass is 32.1. The van der Waals surface area contributed by atoms with E-state index < -0.39 is 0 Å². The normalized spacial score (nSPS) is 10.9. The van der Waals surface area contributed by atoms with E-state index in [1.165, 1.54) is 31.3 Å². The van der Waals surface area contributed by atoms with Crippen molar-refractivity contribution in [3.8, 4) is 67.8 Å². The van der Waals surface area contributed by atoms with E-state index in [1.807, 2.05) is 72.0 Å². The van der Waals surface area contributed by atoms with Crippen molar-refractivity contribution in [3.63, 3.8) is 0 Å². The lowest BCUT2D eigenvalue weighted by atomic mass is 9.88. The topological polar surface area (TPSA) is 47.6 Å². The monoisotopic (exact) mass is 614 g/mol. The van der Waals surface area contributed by atoms with Crippen LogP contribution in [0, 0.1) is 22.7 Å². The van der Waals surface area contributed by atoms with Gasteiger partial charge in [0.1, 0.15) is 6.07 Å². The molecule has 0 bridgehead atoms. The van der Waals surface area contributed by atoms with Gasteiger partial charge in [0.15, 0.2) is 0 Å². The molecule has 0 spiro atoms. The lowest BCUT2D eigenvalue weighted by Gasteiger charge is -2.14. The summed E-state index contributed by atoms with van der Waals surface area (Å²) >= 11 is 1.82. The van der Waals surface area contributed by atoms with Gasteiger partial charge in [-0.1, -0.05) is 133 Å². The van der Waals surface area contributed by atoms with E-state index in [9.17, 15) is 10.5 Å². The first-order valence-electron chi connectivity index (χ1n) is 15.5. The highest BCUT2D eigenvalue weighted by molar-refractivity contribution is 7.26. The number of hydrogen-bond acceptors (Lipinski definition) is 3. The SMILES string of the molecule is N#Cc1ccc(-c2cccc3c2sc2c(-c4ccc(-c5cc(-c6ccccc6)c(C#N)c(-c6ccccc6)c5)cc4)cccc23)cc1. The van der Waals surface area contributed by atoms with Gasteiger partial charge >= 0.3 is 0 Å². The summed E-state index contributed by atoms with van der Waals surface area (Å²) in [5, 5.41) is 22.1. The highest BCUT2D eigenvalue weighted by Gasteiger charge is 2.17. The van der Waals surface area contributed by atoms with Crippen molar-refractivity contribution >= 4 is 31.5 Å². The molecule has 0 N–H and O–H groups in total. The van der Waals surface area contributed by atoms with E-state index in [0.29, 0.717) is 11.1 Å². The fraction of sp³-hybridized carbons (Fsp3) is 0. The molecule has 7 aromatic carbocycles. The second-order valence-corrected chi connectivity index (χ2v) is 12.5. The van der Waals surface area contributed by atoms with Crippen LogP contribution in [0.4, 0.5) is 0 Å². The molecular weight excluding hydrogens is 589 g/mol. The van der Waals surface area contributed by atoms with Crippen molar-refractivity contribution in [1.82, 2.24) is 0 Å². The standard InChI is InChI=1S/C44H26N2S/c45-27-29-17-19-33(20-18-29)36-13-7-15-38-39-16-8-14-37(44(39)47-43(36)38)34-23-21-30(22-24-34)35-25-40(31-9-3-1-4-10-31)42(28-46)41(26-35)32-11-5-2-6-12-32/h1-26H. The van der Waals surface area contributed by atoms with Crippen LogP contribution in [0.1, 0.15) is 11.1 Å². The fourth-order valence-electron chi connectivity index (χ4n) is 6.46. The summed E-state index contributed by atoms with van der Waals surface area (Å²) in [6.45, 7) is 0. The summed E-state index contributed by atoms with van der Waals surface area (Å²) in [6.07, 6.45) is 0. The molecule has 0 unspecified atom stereocenters. The maximum Gasteiger partial charge on any atom is 0.100 e. The highest BCUT2D eigenvalue weighted by Crippen LogP contribution is 2.44. The van der Waals surface area contributed by atoms with E-state index in [1.54, 1.807) is 0 Å². The first-order chi connectivity index (χ1) is 23.2. The van der Waals surface area contributed by atoms with Gasteiger partial charge in [-0.3, -0.25) is 0 Å².